The van der Waals surface area contributed by atoms with Crippen molar-refractivity contribution in [1.82, 2.24) is 9.97 Å². The molecule has 0 saturated carbocycles. The predicted molar refractivity (Wildman–Crippen MR) is 117 cm³/mol. The van der Waals surface area contributed by atoms with Gasteiger partial charge in [-0.15, -0.1) is 11.3 Å². The molecule has 2 aromatic carbocycles. The van der Waals surface area contributed by atoms with Crippen LogP contribution in [-0.2, 0) is 16.0 Å². The standard InChI is InChI=1S/C22H19N3O5S/c1-30-18(28)10-8-12-14(4-2-5-15(12)26)23-22(29)13-7-9-16(27)20-19(13)24-21(25-20)17-6-3-11-31-17/h2-7,9,11,26-27H,8,10H2,1H3,(H,23,29)(H,24,25). The summed E-state index contributed by atoms with van der Waals surface area (Å²) in [6, 6.07) is 11.4. The largest absolute Gasteiger partial charge is 0.508 e. The van der Waals surface area contributed by atoms with Crippen LogP contribution < -0.4 is 5.32 Å². The number of amides is 1. The molecule has 4 N–H and O–H groups in total. The summed E-state index contributed by atoms with van der Waals surface area (Å²) in [5.41, 5.74) is 1.76. The average Bonchev–Trinajstić information content (AvgIpc) is 3.43. The number of nitrogens with one attached hydrogen (secondary N) is 2. The quantitative estimate of drug-likeness (QED) is 0.337. The zero-order valence-corrected chi connectivity index (χ0v) is 17.3. The SMILES string of the molecule is COC(=O)CCc1c(O)cccc1NC(=O)c1ccc(O)c2[nH]c(-c3cccs3)nc12. The number of H-pyrrole nitrogens is 1. The Bertz CT molecular complexity index is 1260. The van der Waals surface area contributed by atoms with E-state index in [9.17, 15) is 19.8 Å². The van der Waals surface area contributed by atoms with Crippen molar-refractivity contribution in [2.45, 2.75) is 12.8 Å². The molecule has 9 heteroatoms. The van der Waals surface area contributed by atoms with Crippen LogP contribution in [0.1, 0.15) is 22.3 Å². The second kappa shape index (κ2) is 8.49. The molecule has 0 fully saturated rings. The highest BCUT2D eigenvalue weighted by Gasteiger charge is 2.19. The van der Waals surface area contributed by atoms with Crippen LogP contribution in [-0.4, -0.2) is 39.2 Å². The van der Waals surface area contributed by atoms with Crippen LogP contribution in [0.15, 0.2) is 47.8 Å². The lowest BCUT2D eigenvalue weighted by atomic mass is 10.1. The topological polar surface area (TPSA) is 125 Å². The Morgan fingerprint density at radius 2 is 1.97 bits per heavy atom. The molecule has 0 bridgehead atoms. The molecule has 0 aliphatic heterocycles. The van der Waals surface area contributed by atoms with E-state index in [2.05, 4.69) is 20.0 Å². The van der Waals surface area contributed by atoms with Crippen molar-refractivity contribution in [2.75, 3.05) is 12.4 Å². The van der Waals surface area contributed by atoms with E-state index < -0.39 is 11.9 Å². The van der Waals surface area contributed by atoms with Gasteiger partial charge < -0.3 is 25.3 Å². The summed E-state index contributed by atoms with van der Waals surface area (Å²) in [6.07, 6.45) is 0.259. The second-order valence-electron chi connectivity index (χ2n) is 6.75. The molecule has 0 aliphatic rings. The van der Waals surface area contributed by atoms with Gasteiger partial charge in [-0.2, -0.15) is 0 Å². The van der Waals surface area contributed by atoms with Crippen molar-refractivity contribution in [2.24, 2.45) is 0 Å². The number of carbonyl (C=O) groups is 2. The molecule has 2 aromatic heterocycles. The third-order valence-corrected chi connectivity index (χ3v) is 5.71. The number of carbonyl (C=O) groups excluding carboxylic acids is 2. The van der Waals surface area contributed by atoms with Crippen LogP contribution in [0.25, 0.3) is 21.7 Å². The Balaban J connectivity index is 1.67. The fourth-order valence-electron chi connectivity index (χ4n) is 3.26. The van der Waals surface area contributed by atoms with Crippen molar-refractivity contribution in [3.05, 3.63) is 59.0 Å². The van der Waals surface area contributed by atoms with E-state index in [1.807, 2.05) is 17.5 Å². The number of aromatic nitrogens is 2. The summed E-state index contributed by atoms with van der Waals surface area (Å²) in [5, 5.41) is 25.1. The Morgan fingerprint density at radius 3 is 2.71 bits per heavy atom. The Kier molecular flexibility index (Phi) is 5.59. The van der Waals surface area contributed by atoms with Crippen molar-refractivity contribution >= 4 is 39.9 Å². The third kappa shape index (κ3) is 4.08. The lowest BCUT2D eigenvalue weighted by Crippen LogP contribution is -2.14. The monoisotopic (exact) mass is 437 g/mol. The van der Waals surface area contributed by atoms with Crippen LogP contribution >= 0.6 is 11.3 Å². The first-order chi connectivity index (χ1) is 15.0. The number of fused-ring (bicyclic) bond motifs is 1. The summed E-state index contributed by atoms with van der Waals surface area (Å²) in [5.74, 6) is -0.371. The zero-order valence-electron chi connectivity index (χ0n) is 16.5. The number of phenolic OH excluding ortho intramolecular Hbond substituents is 2. The lowest BCUT2D eigenvalue weighted by Gasteiger charge is -2.13. The number of esters is 1. The first-order valence-electron chi connectivity index (χ1n) is 9.42. The summed E-state index contributed by atoms with van der Waals surface area (Å²) in [6.45, 7) is 0. The molecule has 0 spiro atoms. The number of imidazole rings is 1. The molecule has 8 nitrogen and oxygen atoms in total. The van der Waals surface area contributed by atoms with E-state index in [1.54, 1.807) is 12.1 Å². The van der Waals surface area contributed by atoms with E-state index in [0.29, 0.717) is 28.1 Å². The first-order valence-corrected chi connectivity index (χ1v) is 10.3. The highest BCUT2D eigenvalue weighted by molar-refractivity contribution is 7.13. The highest BCUT2D eigenvalue weighted by atomic mass is 32.1. The van der Waals surface area contributed by atoms with Gasteiger partial charge in [0.05, 0.1) is 17.6 Å². The van der Waals surface area contributed by atoms with Gasteiger partial charge in [-0.25, -0.2) is 4.98 Å². The number of benzene rings is 2. The number of methoxy groups -OCH3 is 1. The highest BCUT2D eigenvalue weighted by Crippen LogP contribution is 2.32. The first kappa shape index (κ1) is 20.4. The number of hydrogen-bond acceptors (Lipinski definition) is 7. The van der Waals surface area contributed by atoms with Gasteiger partial charge in [0.15, 0.2) is 0 Å². The van der Waals surface area contributed by atoms with Gasteiger partial charge in [0, 0.05) is 17.7 Å². The Labute approximate surface area is 181 Å². The third-order valence-electron chi connectivity index (χ3n) is 4.83. The van der Waals surface area contributed by atoms with Gasteiger partial charge in [-0.05, 0) is 42.1 Å². The number of aromatic hydroxyl groups is 2. The predicted octanol–water partition coefficient (Wildman–Crippen LogP) is 4.06. The van der Waals surface area contributed by atoms with Crippen LogP contribution in [0.4, 0.5) is 5.69 Å². The second-order valence-corrected chi connectivity index (χ2v) is 7.70. The van der Waals surface area contributed by atoms with Crippen LogP contribution in [0.3, 0.4) is 0 Å². The molecule has 0 atom stereocenters. The smallest absolute Gasteiger partial charge is 0.305 e. The summed E-state index contributed by atoms with van der Waals surface area (Å²) in [4.78, 5) is 33.0. The summed E-state index contributed by atoms with van der Waals surface area (Å²) >= 11 is 1.49. The van der Waals surface area contributed by atoms with Crippen LogP contribution in [0.5, 0.6) is 11.5 Å². The van der Waals surface area contributed by atoms with E-state index >= 15 is 0 Å². The van der Waals surface area contributed by atoms with Crippen molar-refractivity contribution in [3.8, 4) is 22.2 Å². The maximum Gasteiger partial charge on any atom is 0.305 e. The van der Waals surface area contributed by atoms with E-state index in [0.717, 1.165) is 4.88 Å². The van der Waals surface area contributed by atoms with Crippen LogP contribution in [0, 0.1) is 0 Å². The molecular formula is C22H19N3O5S. The molecule has 158 valence electrons. The molecule has 4 rings (SSSR count). The minimum Gasteiger partial charge on any atom is -0.508 e. The van der Waals surface area contributed by atoms with E-state index in [4.69, 9.17) is 0 Å². The number of ether oxygens (including phenoxy) is 1. The van der Waals surface area contributed by atoms with Gasteiger partial charge >= 0.3 is 5.97 Å². The number of phenols is 2. The van der Waals surface area contributed by atoms with Crippen molar-refractivity contribution in [1.29, 1.82) is 0 Å². The molecule has 0 unspecified atom stereocenters. The number of anilines is 1. The summed E-state index contributed by atoms with van der Waals surface area (Å²) < 4.78 is 4.65. The zero-order chi connectivity index (χ0) is 22.0. The number of hydrogen-bond donors (Lipinski definition) is 4. The van der Waals surface area contributed by atoms with E-state index in [-0.39, 0.29) is 29.9 Å². The fourth-order valence-corrected chi connectivity index (χ4v) is 3.93. The van der Waals surface area contributed by atoms with Gasteiger partial charge in [-0.1, -0.05) is 12.1 Å². The fraction of sp³-hybridized carbons (Fsp3) is 0.136. The average molecular weight is 437 g/mol. The van der Waals surface area contributed by atoms with Gasteiger partial charge in [0.25, 0.3) is 5.91 Å². The molecule has 1 amide bonds. The lowest BCUT2D eigenvalue weighted by molar-refractivity contribution is -0.140. The molecule has 0 radical (unpaired) electrons. The molecule has 4 aromatic rings. The summed E-state index contributed by atoms with van der Waals surface area (Å²) in [7, 11) is 1.29. The molecular weight excluding hydrogens is 418 g/mol. The maximum atomic E-state index is 13.1. The van der Waals surface area contributed by atoms with Crippen molar-refractivity contribution < 1.29 is 24.5 Å². The van der Waals surface area contributed by atoms with E-state index in [1.165, 1.54) is 36.6 Å². The number of aromatic amines is 1. The van der Waals surface area contributed by atoms with Gasteiger partial charge in [-0.3, -0.25) is 9.59 Å². The Morgan fingerprint density at radius 1 is 1.13 bits per heavy atom. The number of thiophene rings is 1. The maximum absolute atomic E-state index is 13.1. The Hall–Kier alpha value is -3.85. The minimum absolute atomic E-state index is 0.0158. The minimum atomic E-state index is -0.459. The molecule has 0 saturated heterocycles. The molecule has 31 heavy (non-hydrogen) atoms. The molecule has 2 heterocycles. The number of nitrogens with zero attached hydrogens (tertiary/aromatic N) is 1. The van der Waals surface area contributed by atoms with Gasteiger partial charge in [0.2, 0.25) is 0 Å². The van der Waals surface area contributed by atoms with Crippen LogP contribution in [0.2, 0.25) is 0 Å². The normalized spacial score (nSPS) is 10.9. The van der Waals surface area contributed by atoms with Gasteiger partial charge in [0.1, 0.15) is 28.4 Å². The molecule has 0 aliphatic carbocycles. The van der Waals surface area contributed by atoms with Crippen molar-refractivity contribution in [3.63, 3.8) is 0 Å². The number of rotatable bonds is 6.